The fourth-order valence-electron chi connectivity index (χ4n) is 2.81. The zero-order valence-electron chi connectivity index (χ0n) is 14.5. The molecule has 4 aromatic rings. The maximum Gasteiger partial charge on any atom is 0.409 e. The molecule has 7 nitrogen and oxygen atoms in total. The van der Waals surface area contributed by atoms with Crippen LogP contribution in [-0.4, -0.2) is 20.6 Å². The van der Waals surface area contributed by atoms with Crippen LogP contribution in [-0.2, 0) is 7.05 Å². The fraction of sp³-hybridized carbons (Fsp3) is 0.0500. The van der Waals surface area contributed by atoms with E-state index in [9.17, 15) is 4.79 Å². The summed E-state index contributed by atoms with van der Waals surface area (Å²) in [6.45, 7) is 0. The Labute approximate surface area is 155 Å². The van der Waals surface area contributed by atoms with Crippen LogP contribution in [0, 0.1) is 0 Å². The molecular formula is C20H16N4O3. The van der Waals surface area contributed by atoms with Crippen LogP contribution >= 0.6 is 0 Å². The van der Waals surface area contributed by atoms with Gasteiger partial charge in [-0.15, -0.1) is 0 Å². The minimum Gasteiger partial charge on any atom is -0.424 e. The van der Waals surface area contributed by atoms with Crippen LogP contribution in [0.15, 0.2) is 67.0 Å². The largest absolute Gasteiger partial charge is 0.424 e. The molecular weight excluding hydrogens is 344 g/mol. The maximum absolute atomic E-state index is 11.0. The molecule has 0 unspecified atom stereocenters. The lowest BCUT2D eigenvalue weighted by molar-refractivity contribution is 0.211. The normalized spacial score (nSPS) is 10.7. The van der Waals surface area contributed by atoms with Gasteiger partial charge >= 0.3 is 12.1 Å². The number of aryl methyl sites for hydroxylation is 1. The molecule has 0 spiro atoms. The monoisotopic (exact) mass is 360 g/mol. The van der Waals surface area contributed by atoms with Crippen molar-refractivity contribution in [3.8, 4) is 28.6 Å². The molecule has 134 valence electrons. The molecule has 0 fully saturated rings. The molecule has 2 aromatic carbocycles. The van der Waals surface area contributed by atoms with Crippen molar-refractivity contribution >= 4 is 17.1 Å². The molecule has 0 aliphatic rings. The summed E-state index contributed by atoms with van der Waals surface area (Å²) in [6.07, 6.45) is 2.78. The average Bonchev–Trinajstić information content (AvgIpc) is 3.02. The first-order chi connectivity index (χ1) is 13.1. The topological polar surface area (TPSA) is 92.3 Å². The van der Waals surface area contributed by atoms with Crippen molar-refractivity contribution in [3.63, 3.8) is 0 Å². The number of hydrogen-bond acceptors (Lipinski definition) is 5. The lowest BCUT2D eigenvalue weighted by atomic mass is 10.0. The summed E-state index contributed by atoms with van der Waals surface area (Å²) in [5, 5.41) is 0.939. The standard InChI is InChI=1S/C20H16N4O3/c1-24-10-9-14-12-22-20(23-18(14)24)27-17-8-3-2-7-16(17)13-5-4-6-15(11-13)26-19(21)25/h2-12H,1H3,(H2,21,25). The molecule has 0 bridgehead atoms. The molecule has 2 N–H and O–H groups in total. The molecule has 0 saturated heterocycles. The Bertz CT molecular complexity index is 1140. The number of fused-ring (bicyclic) bond motifs is 1. The van der Waals surface area contributed by atoms with Crippen LogP contribution in [0.5, 0.6) is 17.5 Å². The Hall–Kier alpha value is -3.87. The van der Waals surface area contributed by atoms with Crippen LogP contribution in [0.3, 0.4) is 0 Å². The van der Waals surface area contributed by atoms with Crippen molar-refractivity contribution in [1.29, 1.82) is 0 Å². The second kappa shape index (κ2) is 6.80. The first-order valence-electron chi connectivity index (χ1n) is 8.23. The van der Waals surface area contributed by atoms with Gasteiger partial charge < -0.3 is 19.8 Å². The van der Waals surface area contributed by atoms with Crippen LogP contribution < -0.4 is 15.2 Å². The summed E-state index contributed by atoms with van der Waals surface area (Å²) in [5.41, 5.74) is 7.49. The predicted molar refractivity (Wildman–Crippen MR) is 101 cm³/mol. The second-order valence-electron chi connectivity index (χ2n) is 5.91. The molecule has 2 heterocycles. The SMILES string of the molecule is Cn1ccc2cnc(Oc3ccccc3-c3cccc(OC(N)=O)c3)nc21. The molecule has 0 atom stereocenters. The average molecular weight is 360 g/mol. The van der Waals surface area contributed by atoms with Gasteiger partial charge in [0.1, 0.15) is 17.1 Å². The smallest absolute Gasteiger partial charge is 0.409 e. The van der Waals surface area contributed by atoms with Crippen molar-refractivity contribution in [2.75, 3.05) is 0 Å². The third kappa shape index (κ3) is 3.43. The van der Waals surface area contributed by atoms with E-state index in [0.717, 1.165) is 22.2 Å². The molecule has 2 aromatic heterocycles. The lowest BCUT2D eigenvalue weighted by Gasteiger charge is -2.11. The van der Waals surface area contributed by atoms with E-state index in [0.29, 0.717) is 11.5 Å². The third-order valence-corrected chi connectivity index (χ3v) is 4.04. The number of carbonyl (C=O) groups excluding carboxylic acids is 1. The summed E-state index contributed by atoms with van der Waals surface area (Å²) < 4.78 is 12.8. The second-order valence-corrected chi connectivity index (χ2v) is 5.91. The molecule has 4 rings (SSSR count). The minimum atomic E-state index is -0.860. The van der Waals surface area contributed by atoms with Crippen molar-refractivity contribution in [3.05, 3.63) is 67.0 Å². The zero-order valence-corrected chi connectivity index (χ0v) is 14.5. The van der Waals surface area contributed by atoms with E-state index in [-0.39, 0.29) is 6.01 Å². The van der Waals surface area contributed by atoms with E-state index in [1.54, 1.807) is 24.4 Å². The number of nitrogens with zero attached hydrogens (tertiary/aromatic N) is 3. The van der Waals surface area contributed by atoms with Gasteiger partial charge in [0.25, 0.3) is 0 Å². The molecule has 0 aliphatic carbocycles. The Balaban J connectivity index is 1.70. The number of benzene rings is 2. The Kier molecular flexibility index (Phi) is 4.18. The van der Waals surface area contributed by atoms with Gasteiger partial charge in [0, 0.05) is 30.4 Å². The van der Waals surface area contributed by atoms with E-state index in [4.69, 9.17) is 15.2 Å². The molecule has 0 aliphatic heterocycles. The molecule has 1 amide bonds. The number of ether oxygens (including phenoxy) is 2. The summed E-state index contributed by atoms with van der Waals surface area (Å²) in [4.78, 5) is 19.7. The number of primary amides is 1. The van der Waals surface area contributed by atoms with Crippen molar-refractivity contribution in [2.45, 2.75) is 0 Å². The van der Waals surface area contributed by atoms with E-state index in [1.807, 2.05) is 54.2 Å². The summed E-state index contributed by atoms with van der Waals surface area (Å²) in [6, 6.07) is 16.7. The van der Waals surface area contributed by atoms with E-state index >= 15 is 0 Å². The number of hydrogen-bond donors (Lipinski definition) is 1. The molecule has 27 heavy (non-hydrogen) atoms. The zero-order chi connectivity index (χ0) is 18.8. The third-order valence-electron chi connectivity index (χ3n) is 4.04. The Morgan fingerprint density at radius 3 is 2.81 bits per heavy atom. The highest BCUT2D eigenvalue weighted by Crippen LogP contribution is 2.34. The van der Waals surface area contributed by atoms with E-state index in [2.05, 4.69) is 9.97 Å². The van der Waals surface area contributed by atoms with Crippen LogP contribution in [0.1, 0.15) is 0 Å². The summed E-state index contributed by atoms with van der Waals surface area (Å²) in [5.74, 6) is 0.943. The van der Waals surface area contributed by atoms with E-state index < -0.39 is 6.09 Å². The Morgan fingerprint density at radius 1 is 1.11 bits per heavy atom. The molecule has 7 heteroatoms. The van der Waals surface area contributed by atoms with Gasteiger partial charge in [-0.05, 0) is 29.8 Å². The molecule has 0 radical (unpaired) electrons. The van der Waals surface area contributed by atoms with Crippen LogP contribution in [0.2, 0.25) is 0 Å². The number of carbonyl (C=O) groups is 1. The number of amides is 1. The van der Waals surface area contributed by atoms with Gasteiger partial charge in [-0.25, -0.2) is 9.78 Å². The summed E-state index contributed by atoms with van der Waals surface area (Å²) in [7, 11) is 1.91. The highest BCUT2D eigenvalue weighted by Gasteiger charge is 2.11. The van der Waals surface area contributed by atoms with Gasteiger partial charge in [0.15, 0.2) is 0 Å². The minimum absolute atomic E-state index is 0.251. The van der Waals surface area contributed by atoms with Gasteiger partial charge in [-0.1, -0.05) is 30.3 Å². The van der Waals surface area contributed by atoms with Crippen LogP contribution in [0.4, 0.5) is 4.79 Å². The maximum atomic E-state index is 11.0. The quantitative estimate of drug-likeness (QED) is 0.596. The van der Waals surface area contributed by atoms with E-state index in [1.165, 1.54) is 0 Å². The lowest BCUT2D eigenvalue weighted by Crippen LogP contribution is -2.16. The van der Waals surface area contributed by atoms with Gasteiger partial charge in [-0.2, -0.15) is 4.98 Å². The first-order valence-corrected chi connectivity index (χ1v) is 8.23. The number of rotatable bonds is 4. The predicted octanol–water partition coefficient (Wildman–Crippen LogP) is 3.89. The highest BCUT2D eigenvalue weighted by molar-refractivity contribution is 5.76. The Morgan fingerprint density at radius 2 is 1.96 bits per heavy atom. The van der Waals surface area contributed by atoms with Crippen molar-refractivity contribution in [1.82, 2.24) is 14.5 Å². The van der Waals surface area contributed by atoms with Crippen molar-refractivity contribution < 1.29 is 14.3 Å². The summed E-state index contributed by atoms with van der Waals surface area (Å²) >= 11 is 0. The van der Waals surface area contributed by atoms with Gasteiger partial charge in [0.2, 0.25) is 0 Å². The van der Waals surface area contributed by atoms with Crippen molar-refractivity contribution in [2.24, 2.45) is 12.8 Å². The highest BCUT2D eigenvalue weighted by atomic mass is 16.5. The molecule has 0 saturated carbocycles. The number of nitrogens with two attached hydrogens (primary N) is 1. The number of para-hydroxylation sites is 1. The van der Waals surface area contributed by atoms with Crippen LogP contribution in [0.25, 0.3) is 22.2 Å². The number of aromatic nitrogens is 3. The first kappa shape index (κ1) is 16.6. The van der Waals surface area contributed by atoms with Gasteiger partial charge in [0.05, 0.1) is 0 Å². The van der Waals surface area contributed by atoms with Gasteiger partial charge in [-0.3, -0.25) is 0 Å². The fourth-order valence-corrected chi connectivity index (χ4v) is 2.81.